The number of carboxylic acids is 1. The lowest BCUT2D eigenvalue weighted by molar-refractivity contribution is 0.0691. The van der Waals surface area contributed by atoms with E-state index in [1.807, 2.05) is 24.3 Å². The number of nitrogens with one attached hydrogen (secondary N) is 1. The molecule has 0 saturated heterocycles. The Kier molecular flexibility index (Phi) is 3.75. The first kappa shape index (κ1) is 13.8. The third kappa shape index (κ3) is 2.83. The van der Waals surface area contributed by atoms with Gasteiger partial charge in [-0.25, -0.2) is 9.78 Å². The zero-order valence-corrected chi connectivity index (χ0v) is 11.9. The molecule has 1 heterocycles. The summed E-state index contributed by atoms with van der Waals surface area (Å²) in [5, 5.41) is 13.6. The largest absolute Gasteiger partial charge is 0.477 e. The van der Waals surface area contributed by atoms with Crippen LogP contribution in [0.25, 0.3) is 10.9 Å². The van der Waals surface area contributed by atoms with E-state index in [1.165, 1.54) is 0 Å². The minimum Gasteiger partial charge on any atom is -0.477 e. The second-order valence-electron chi connectivity index (χ2n) is 5.39. The van der Waals surface area contributed by atoms with Gasteiger partial charge in [0.25, 0.3) is 0 Å². The number of benzene rings is 1. The van der Waals surface area contributed by atoms with Crippen LogP contribution in [0.5, 0.6) is 0 Å². The molecule has 0 aliphatic heterocycles. The van der Waals surface area contributed by atoms with E-state index in [0.29, 0.717) is 11.6 Å². The number of carbonyl (C=O) groups is 1. The number of aromatic carboxylic acids is 1. The Hall–Kier alpha value is -2.14. The molecule has 1 aromatic carbocycles. The third-order valence-corrected chi connectivity index (χ3v) is 4.01. The number of aromatic nitrogens is 1. The van der Waals surface area contributed by atoms with Crippen molar-refractivity contribution in [2.24, 2.45) is 0 Å². The summed E-state index contributed by atoms with van der Waals surface area (Å²) in [6.45, 7) is 0. The fraction of sp³-hybridized carbons (Fsp3) is 0.375. The van der Waals surface area contributed by atoms with E-state index in [0.717, 1.165) is 30.3 Å². The molecule has 2 aromatic rings. The van der Waals surface area contributed by atoms with Crippen LogP contribution in [0.15, 0.2) is 30.3 Å². The van der Waals surface area contributed by atoms with Crippen LogP contribution < -0.4 is 5.32 Å². The first-order valence-corrected chi connectivity index (χ1v) is 7.10. The SMILES string of the molecule is COC1CCC(Nc2cc(C(=O)O)nc3ccccc23)C1. The van der Waals surface area contributed by atoms with Crippen LogP contribution in [0.4, 0.5) is 5.69 Å². The number of para-hydroxylation sites is 1. The van der Waals surface area contributed by atoms with Crippen molar-refractivity contribution in [1.29, 1.82) is 0 Å². The summed E-state index contributed by atoms with van der Waals surface area (Å²) in [6.07, 6.45) is 3.28. The van der Waals surface area contributed by atoms with Gasteiger partial charge in [-0.3, -0.25) is 0 Å². The van der Waals surface area contributed by atoms with E-state index in [1.54, 1.807) is 13.2 Å². The van der Waals surface area contributed by atoms with Crippen LogP contribution in [-0.4, -0.2) is 35.3 Å². The second-order valence-corrected chi connectivity index (χ2v) is 5.39. The van der Waals surface area contributed by atoms with Crippen LogP contribution in [0, 0.1) is 0 Å². The Labute approximate surface area is 123 Å². The lowest BCUT2D eigenvalue weighted by Gasteiger charge is -2.16. The van der Waals surface area contributed by atoms with E-state index in [-0.39, 0.29) is 11.8 Å². The fourth-order valence-electron chi connectivity index (χ4n) is 2.91. The highest BCUT2D eigenvalue weighted by atomic mass is 16.5. The van der Waals surface area contributed by atoms with Gasteiger partial charge in [-0.1, -0.05) is 18.2 Å². The number of rotatable bonds is 4. The van der Waals surface area contributed by atoms with E-state index in [9.17, 15) is 9.90 Å². The summed E-state index contributed by atoms with van der Waals surface area (Å²) >= 11 is 0. The van der Waals surface area contributed by atoms with Crippen LogP contribution >= 0.6 is 0 Å². The number of nitrogens with zero attached hydrogens (tertiary/aromatic N) is 1. The van der Waals surface area contributed by atoms with Crippen molar-refractivity contribution in [1.82, 2.24) is 4.98 Å². The zero-order chi connectivity index (χ0) is 14.8. The van der Waals surface area contributed by atoms with E-state index in [2.05, 4.69) is 10.3 Å². The van der Waals surface area contributed by atoms with Gasteiger partial charge < -0.3 is 15.2 Å². The molecule has 0 spiro atoms. The summed E-state index contributed by atoms with van der Waals surface area (Å²) in [7, 11) is 1.73. The summed E-state index contributed by atoms with van der Waals surface area (Å²) in [5.74, 6) is -1.01. The lowest BCUT2D eigenvalue weighted by atomic mass is 10.1. The Morgan fingerprint density at radius 3 is 2.90 bits per heavy atom. The molecule has 1 saturated carbocycles. The number of anilines is 1. The molecule has 0 amide bonds. The first-order valence-electron chi connectivity index (χ1n) is 7.10. The van der Waals surface area contributed by atoms with Crippen LogP contribution in [-0.2, 0) is 4.74 Å². The van der Waals surface area contributed by atoms with Crippen molar-refractivity contribution in [2.75, 3.05) is 12.4 Å². The number of fused-ring (bicyclic) bond motifs is 1. The molecule has 1 aromatic heterocycles. The molecule has 1 fully saturated rings. The number of carboxylic acid groups (broad SMARTS) is 1. The fourth-order valence-corrected chi connectivity index (χ4v) is 2.91. The molecule has 0 radical (unpaired) electrons. The van der Waals surface area contributed by atoms with Gasteiger partial charge >= 0.3 is 5.97 Å². The van der Waals surface area contributed by atoms with Gasteiger partial charge in [-0.15, -0.1) is 0 Å². The molecule has 3 rings (SSSR count). The maximum Gasteiger partial charge on any atom is 0.354 e. The summed E-state index contributed by atoms with van der Waals surface area (Å²) in [6, 6.07) is 9.51. The van der Waals surface area contributed by atoms with Gasteiger partial charge in [0.15, 0.2) is 5.69 Å². The zero-order valence-electron chi connectivity index (χ0n) is 11.9. The minimum atomic E-state index is -1.01. The standard InChI is InChI=1S/C16H18N2O3/c1-21-11-7-6-10(8-11)17-14-9-15(16(19)20)18-13-5-3-2-4-12(13)14/h2-5,9-11H,6-8H2,1H3,(H,17,18)(H,19,20). The molecular weight excluding hydrogens is 268 g/mol. The van der Waals surface area contributed by atoms with E-state index >= 15 is 0 Å². The van der Waals surface area contributed by atoms with Crippen molar-refractivity contribution in [3.8, 4) is 0 Å². The monoisotopic (exact) mass is 286 g/mol. The van der Waals surface area contributed by atoms with Crippen molar-refractivity contribution in [3.63, 3.8) is 0 Å². The van der Waals surface area contributed by atoms with E-state index in [4.69, 9.17) is 4.74 Å². The van der Waals surface area contributed by atoms with Crippen molar-refractivity contribution in [2.45, 2.75) is 31.4 Å². The quantitative estimate of drug-likeness (QED) is 0.904. The maximum atomic E-state index is 11.2. The predicted molar refractivity (Wildman–Crippen MR) is 80.8 cm³/mol. The summed E-state index contributed by atoms with van der Waals surface area (Å²) in [4.78, 5) is 15.4. The topological polar surface area (TPSA) is 71.5 Å². The van der Waals surface area contributed by atoms with Crippen LogP contribution in [0.1, 0.15) is 29.8 Å². The molecule has 2 atom stereocenters. The normalized spacial score (nSPS) is 21.6. The highest BCUT2D eigenvalue weighted by Crippen LogP contribution is 2.29. The number of ether oxygens (including phenoxy) is 1. The van der Waals surface area contributed by atoms with Crippen LogP contribution in [0.3, 0.4) is 0 Å². The van der Waals surface area contributed by atoms with Crippen molar-refractivity contribution >= 4 is 22.6 Å². The second kappa shape index (κ2) is 5.69. The molecule has 5 nitrogen and oxygen atoms in total. The average Bonchev–Trinajstić information content (AvgIpc) is 2.94. The molecule has 2 unspecified atom stereocenters. The molecule has 1 aliphatic carbocycles. The highest BCUT2D eigenvalue weighted by Gasteiger charge is 2.25. The van der Waals surface area contributed by atoms with Crippen LogP contribution in [0.2, 0.25) is 0 Å². The Morgan fingerprint density at radius 2 is 2.19 bits per heavy atom. The highest BCUT2D eigenvalue weighted by molar-refractivity contribution is 5.97. The van der Waals surface area contributed by atoms with Gasteiger partial charge in [0.05, 0.1) is 11.6 Å². The third-order valence-electron chi connectivity index (χ3n) is 4.01. The smallest absolute Gasteiger partial charge is 0.354 e. The van der Waals surface area contributed by atoms with Gasteiger partial charge in [0.1, 0.15) is 0 Å². The van der Waals surface area contributed by atoms with Gasteiger partial charge in [-0.2, -0.15) is 0 Å². The van der Waals surface area contributed by atoms with Gasteiger partial charge in [-0.05, 0) is 31.4 Å². The first-order chi connectivity index (χ1) is 10.2. The molecule has 5 heteroatoms. The lowest BCUT2D eigenvalue weighted by Crippen LogP contribution is -2.18. The molecule has 2 N–H and O–H groups in total. The van der Waals surface area contributed by atoms with E-state index < -0.39 is 5.97 Å². The average molecular weight is 286 g/mol. The van der Waals surface area contributed by atoms with Crippen molar-refractivity contribution < 1.29 is 14.6 Å². The number of hydrogen-bond acceptors (Lipinski definition) is 4. The molecule has 110 valence electrons. The Balaban J connectivity index is 1.94. The van der Waals surface area contributed by atoms with Gasteiger partial charge in [0.2, 0.25) is 0 Å². The van der Waals surface area contributed by atoms with Gasteiger partial charge in [0, 0.05) is 24.2 Å². The Morgan fingerprint density at radius 1 is 1.38 bits per heavy atom. The summed E-state index contributed by atoms with van der Waals surface area (Å²) < 4.78 is 5.38. The minimum absolute atomic E-state index is 0.0671. The molecule has 0 bridgehead atoms. The predicted octanol–water partition coefficient (Wildman–Crippen LogP) is 2.91. The number of pyridine rings is 1. The summed E-state index contributed by atoms with van der Waals surface area (Å²) in [5.41, 5.74) is 1.60. The molecule has 1 aliphatic rings. The Bertz CT molecular complexity index is 672. The molecule has 21 heavy (non-hydrogen) atoms. The number of hydrogen-bond donors (Lipinski definition) is 2. The number of methoxy groups -OCH3 is 1. The maximum absolute atomic E-state index is 11.2. The van der Waals surface area contributed by atoms with Crippen molar-refractivity contribution in [3.05, 3.63) is 36.0 Å². The molecular formula is C16H18N2O3.